The van der Waals surface area contributed by atoms with Gasteiger partial charge in [-0.15, -0.1) is 11.3 Å². The Morgan fingerprint density at radius 3 is 2.77 bits per heavy atom. The third-order valence-electron chi connectivity index (χ3n) is 4.25. The van der Waals surface area contributed by atoms with E-state index >= 15 is 0 Å². The summed E-state index contributed by atoms with van der Waals surface area (Å²) < 4.78 is 11.0. The molecule has 26 heavy (non-hydrogen) atoms. The number of rotatable bonds is 3. The number of carbonyl (C=O) groups excluding carboxylic acids is 1. The molecule has 1 aliphatic heterocycles. The van der Waals surface area contributed by atoms with Crippen LogP contribution >= 0.6 is 11.3 Å². The molecule has 3 heterocycles. The second kappa shape index (κ2) is 6.97. The zero-order valence-electron chi connectivity index (χ0n) is 14.5. The summed E-state index contributed by atoms with van der Waals surface area (Å²) in [6.45, 7) is 5.07. The normalized spacial score (nSPS) is 17.5. The number of morpholine rings is 1. The highest BCUT2D eigenvalue weighted by atomic mass is 32.1. The fraction of sp³-hybridized carbons (Fsp3) is 0.333. The number of hydrogen-bond acceptors (Lipinski definition) is 7. The molecule has 4 rings (SSSR count). The Balaban J connectivity index is 1.63. The van der Waals surface area contributed by atoms with Crippen molar-refractivity contribution in [2.45, 2.75) is 19.9 Å². The van der Waals surface area contributed by atoms with Crippen molar-refractivity contribution in [3.63, 3.8) is 0 Å². The van der Waals surface area contributed by atoms with Crippen LogP contribution in [0, 0.1) is 13.8 Å². The van der Waals surface area contributed by atoms with Gasteiger partial charge in [0.2, 0.25) is 0 Å². The smallest absolute Gasteiger partial charge is 0.266 e. The van der Waals surface area contributed by atoms with E-state index in [2.05, 4.69) is 15.1 Å². The Morgan fingerprint density at radius 1 is 1.23 bits per heavy atom. The van der Waals surface area contributed by atoms with E-state index in [0.717, 1.165) is 16.3 Å². The maximum Gasteiger partial charge on any atom is 0.266 e. The maximum absolute atomic E-state index is 13.0. The molecule has 2 aromatic heterocycles. The van der Waals surface area contributed by atoms with Gasteiger partial charge in [-0.25, -0.2) is 4.98 Å². The SMILES string of the molecule is Cc1nc(C)c(C(=O)N2CCOC[C@H]2c2noc(-c3ccccc3)n2)s1. The molecule has 134 valence electrons. The van der Waals surface area contributed by atoms with Crippen molar-refractivity contribution in [3.8, 4) is 11.5 Å². The summed E-state index contributed by atoms with van der Waals surface area (Å²) in [6.07, 6.45) is 0. The largest absolute Gasteiger partial charge is 0.377 e. The monoisotopic (exact) mass is 370 g/mol. The van der Waals surface area contributed by atoms with Crippen molar-refractivity contribution in [2.75, 3.05) is 19.8 Å². The molecule has 0 spiro atoms. The first-order chi connectivity index (χ1) is 12.6. The average molecular weight is 370 g/mol. The third kappa shape index (κ3) is 3.13. The number of amides is 1. The highest BCUT2D eigenvalue weighted by Crippen LogP contribution is 2.28. The summed E-state index contributed by atoms with van der Waals surface area (Å²) in [4.78, 5) is 24.3. The molecule has 1 aromatic carbocycles. The van der Waals surface area contributed by atoms with Gasteiger partial charge in [0, 0.05) is 12.1 Å². The lowest BCUT2D eigenvalue weighted by molar-refractivity contribution is -0.00556. The van der Waals surface area contributed by atoms with E-state index in [1.807, 2.05) is 44.2 Å². The molecule has 0 unspecified atom stereocenters. The van der Waals surface area contributed by atoms with Gasteiger partial charge in [-0.3, -0.25) is 4.79 Å². The molecule has 0 radical (unpaired) electrons. The molecule has 0 saturated carbocycles. The minimum atomic E-state index is -0.376. The third-order valence-corrected chi connectivity index (χ3v) is 5.31. The Bertz CT molecular complexity index is 922. The summed E-state index contributed by atoms with van der Waals surface area (Å²) in [7, 11) is 0. The molecular weight excluding hydrogens is 352 g/mol. The second-order valence-corrected chi connectivity index (χ2v) is 7.26. The van der Waals surface area contributed by atoms with Crippen molar-refractivity contribution < 1.29 is 14.1 Å². The Labute approximate surface area is 154 Å². The Morgan fingerprint density at radius 2 is 2.04 bits per heavy atom. The number of thiazole rings is 1. The molecule has 7 nitrogen and oxygen atoms in total. The van der Waals surface area contributed by atoms with Crippen molar-refractivity contribution in [2.24, 2.45) is 0 Å². The molecule has 8 heteroatoms. The number of ether oxygens (including phenoxy) is 1. The van der Waals surface area contributed by atoms with E-state index in [0.29, 0.717) is 36.4 Å². The molecule has 1 amide bonds. The molecule has 3 aromatic rings. The fourth-order valence-electron chi connectivity index (χ4n) is 2.99. The Hall–Kier alpha value is -2.58. The first-order valence-electron chi connectivity index (χ1n) is 8.35. The number of aryl methyl sites for hydroxylation is 2. The molecule has 0 N–H and O–H groups in total. The molecule has 0 bridgehead atoms. The quantitative estimate of drug-likeness (QED) is 0.705. The number of hydrogen-bond donors (Lipinski definition) is 0. The lowest BCUT2D eigenvalue weighted by atomic mass is 10.2. The van der Waals surface area contributed by atoms with Gasteiger partial charge < -0.3 is 14.2 Å². The van der Waals surface area contributed by atoms with Gasteiger partial charge in [-0.2, -0.15) is 4.98 Å². The van der Waals surface area contributed by atoms with Crippen LogP contribution in [0.1, 0.15) is 32.2 Å². The van der Waals surface area contributed by atoms with E-state index in [9.17, 15) is 4.79 Å². The second-order valence-electron chi connectivity index (χ2n) is 6.06. The summed E-state index contributed by atoms with van der Waals surface area (Å²) in [5.74, 6) is 0.826. The minimum Gasteiger partial charge on any atom is -0.377 e. The van der Waals surface area contributed by atoms with Gasteiger partial charge in [0.1, 0.15) is 10.9 Å². The number of benzene rings is 1. The first kappa shape index (κ1) is 16.9. The van der Waals surface area contributed by atoms with Crippen molar-refractivity contribution in [1.82, 2.24) is 20.0 Å². The van der Waals surface area contributed by atoms with Gasteiger partial charge in [0.15, 0.2) is 5.82 Å². The topological polar surface area (TPSA) is 81.4 Å². The van der Waals surface area contributed by atoms with Crippen LogP contribution in [-0.2, 0) is 4.74 Å². The summed E-state index contributed by atoms with van der Waals surface area (Å²) in [5, 5.41) is 4.97. The van der Waals surface area contributed by atoms with Gasteiger partial charge in [-0.05, 0) is 26.0 Å². The van der Waals surface area contributed by atoms with Crippen LogP contribution in [0.5, 0.6) is 0 Å². The molecule has 0 aliphatic carbocycles. The van der Waals surface area contributed by atoms with Gasteiger partial charge in [-0.1, -0.05) is 23.4 Å². The first-order valence-corrected chi connectivity index (χ1v) is 9.17. The zero-order chi connectivity index (χ0) is 18.1. The van der Waals surface area contributed by atoms with E-state index in [-0.39, 0.29) is 11.9 Å². The Kier molecular flexibility index (Phi) is 4.52. The molecule has 1 atom stereocenters. The van der Waals surface area contributed by atoms with Crippen molar-refractivity contribution >= 4 is 17.2 Å². The van der Waals surface area contributed by atoms with Gasteiger partial charge in [0.25, 0.3) is 11.8 Å². The van der Waals surface area contributed by atoms with Crippen LogP contribution in [0.15, 0.2) is 34.9 Å². The van der Waals surface area contributed by atoms with Crippen molar-refractivity contribution in [1.29, 1.82) is 0 Å². The van der Waals surface area contributed by atoms with Crippen molar-refractivity contribution in [3.05, 3.63) is 51.7 Å². The summed E-state index contributed by atoms with van der Waals surface area (Å²) in [6, 6.07) is 9.18. The van der Waals surface area contributed by atoms with E-state index in [1.165, 1.54) is 11.3 Å². The van der Waals surface area contributed by atoms with Crippen LogP contribution in [0.3, 0.4) is 0 Å². The number of nitrogens with zero attached hydrogens (tertiary/aromatic N) is 4. The van der Waals surface area contributed by atoms with E-state index in [4.69, 9.17) is 9.26 Å². The molecule has 1 saturated heterocycles. The predicted molar refractivity (Wildman–Crippen MR) is 95.9 cm³/mol. The minimum absolute atomic E-state index is 0.0625. The van der Waals surface area contributed by atoms with Crippen LogP contribution in [0.25, 0.3) is 11.5 Å². The molecule has 1 aliphatic rings. The number of aromatic nitrogens is 3. The highest BCUT2D eigenvalue weighted by molar-refractivity contribution is 7.13. The van der Waals surface area contributed by atoms with Crippen LogP contribution < -0.4 is 0 Å². The standard InChI is InChI=1S/C18H18N4O3S/c1-11-15(26-12(2)19-11)18(23)22-8-9-24-10-14(22)16-20-17(25-21-16)13-6-4-3-5-7-13/h3-7,14H,8-10H2,1-2H3/t14-/m0/s1. The lowest BCUT2D eigenvalue weighted by Crippen LogP contribution is -2.43. The fourth-order valence-corrected chi connectivity index (χ4v) is 3.86. The van der Waals surface area contributed by atoms with Crippen LogP contribution in [0.2, 0.25) is 0 Å². The average Bonchev–Trinajstić information content (AvgIpc) is 3.28. The summed E-state index contributed by atoms with van der Waals surface area (Å²) in [5.41, 5.74) is 1.59. The van der Waals surface area contributed by atoms with Gasteiger partial charge >= 0.3 is 0 Å². The zero-order valence-corrected chi connectivity index (χ0v) is 15.3. The predicted octanol–water partition coefficient (Wildman–Crippen LogP) is 3.02. The summed E-state index contributed by atoms with van der Waals surface area (Å²) >= 11 is 1.41. The van der Waals surface area contributed by atoms with Crippen LogP contribution in [0.4, 0.5) is 0 Å². The molecular formula is C18H18N4O3S. The molecule has 1 fully saturated rings. The number of carbonyl (C=O) groups is 1. The highest BCUT2D eigenvalue weighted by Gasteiger charge is 2.34. The van der Waals surface area contributed by atoms with Crippen LogP contribution in [-0.4, -0.2) is 45.7 Å². The maximum atomic E-state index is 13.0. The van der Waals surface area contributed by atoms with E-state index in [1.54, 1.807) is 4.90 Å². The van der Waals surface area contributed by atoms with Gasteiger partial charge in [0.05, 0.1) is 23.9 Å². The lowest BCUT2D eigenvalue weighted by Gasteiger charge is -2.33. The van der Waals surface area contributed by atoms with E-state index < -0.39 is 0 Å².